The Hall–Kier alpha value is -1.62. The summed E-state index contributed by atoms with van der Waals surface area (Å²) in [5.74, 6) is 3.02. The number of aryl methyl sites for hydroxylation is 1. The van der Waals surface area contributed by atoms with E-state index in [0.29, 0.717) is 41.9 Å². The van der Waals surface area contributed by atoms with Crippen LogP contribution in [0.2, 0.25) is 0 Å². The van der Waals surface area contributed by atoms with Crippen LogP contribution in [0.5, 0.6) is 0 Å². The molecule has 0 spiro atoms. The fraction of sp³-hybridized carbons (Fsp3) is 0.824. The molecule has 6 rings (SSSR count). The summed E-state index contributed by atoms with van der Waals surface area (Å²) in [6, 6.07) is 0.422. The average molecular weight is 537 g/mol. The molecule has 5 aliphatic carbocycles. The van der Waals surface area contributed by atoms with E-state index in [4.69, 9.17) is 4.42 Å². The highest BCUT2D eigenvalue weighted by molar-refractivity contribution is 6.00. The van der Waals surface area contributed by atoms with Crippen molar-refractivity contribution in [3.63, 3.8) is 0 Å². The van der Waals surface area contributed by atoms with Crippen molar-refractivity contribution in [3.8, 4) is 0 Å². The zero-order valence-electron chi connectivity index (χ0n) is 26.0. The molecule has 0 saturated heterocycles. The van der Waals surface area contributed by atoms with Crippen LogP contribution in [0.15, 0.2) is 21.8 Å². The number of fused-ring (bicyclic) bond motifs is 7. The van der Waals surface area contributed by atoms with E-state index in [9.17, 15) is 9.90 Å². The van der Waals surface area contributed by atoms with Crippen molar-refractivity contribution in [2.75, 3.05) is 5.32 Å². The first-order valence-corrected chi connectivity index (χ1v) is 15.7. The summed E-state index contributed by atoms with van der Waals surface area (Å²) < 4.78 is 5.75. The number of Topliss-reactive ketones (excluding diaryl/α,β-unsaturated/α-hetero) is 1. The second kappa shape index (κ2) is 8.23. The topological polar surface area (TPSA) is 75.4 Å². The van der Waals surface area contributed by atoms with Gasteiger partial charge in [0.15, 0.2) is 5.78 Å². The normalized spacial score (nSPS) is 46.9. The van der Waals surface area contributed by atoms with E-state index in [1.54, 1.807) is 11.8 Å². The Balaban J connectivity index is 1.36. The number of allylic oxidation sites excluding steroid dienone is 2. The van der Waals surface area contributed by atoms with Crippen LogP contribution in [0.1, 0.15) is 119 Å². The monoisotopic (exact) mass is 536 g/mol. The lowest BCUT2D eigenvalue weighted by Crippen LogP contribution is -2.69. The molecule has 1 aromatic rings. The maximum absolute atomic E-state index is 13.3. The van der Waals surface area contributed by atoms with Gasteiger partial charge < -0.3 is 14.8 Å². The average Bonchev–Trinajstić information content (AvgIpc) is 3.36. The SMILES string of the molecule is Cc1cnc(N[C@]2(O)CC[C@]3(C)[C@H]4CC[C@@H]5C6=C(C(C)C)C(=O)C[C@]6(C)CC[C@@]5(C)[C@]4(C)CC[C@H]3C2(C)C)o1. The van der Waals surface area contributed by atoms with Gasteiger partial charge in [0.2, 0.25) is 0 Å². The number of hydrogen-bond acceptors (Lipinski definition) is 5. The fourth-order valence-corrected chi connectivity index (χ4v) is 11.7. The smallest absolute Gasteiger partial charge is 0.296 e. The standard InChI is InChI=1S/C34H52N2O3/c1-20(2)26-23(37)18-30(6)14-16-32(8)22(27(26)30)10-11-25-31(7)15-17-34(38,36-28-35-19-21(3)39-28)29(4,5)24(31)12-13-33(25,32)9/h19-20,22,24-25,38H,10-18H2,1-9H3,(H,35,36)/t22-,24+,25-,30+,31+,32-,33-,34+/m1/s1. The van der Waals surface area contributed by atoms with Crippen molar-refractivity contribution in [1.82, 2.24) is 4.98 Å². The van der Waals surface area contributed by atoms with E-state index in [1.165, 1.54) is 31.3 Å². The highest BCUT2D eigenvalue weighted by Crippen LogP contribution is 2.77. The summed E-state index contributed by atoms with van der Waals surface area (Å²) in [5, 5.41) is 15.4. The Bertz CT molecular complexity index is 1230. The van der Waals surface area contributed by atoms with E-state index >= 15 is 0 Å². The Labute approximate surface area is 236 Å². The molecule has 5 aliphatic rings. The maximum Gasteiger partial charge on any atom is 0.296 e. The molecule has 39 heavy (non-hydrogen) atoms. The Morgan fingerprint density at radius 3 is 2.31 bits per heavy atom. The number of aliphatic hydroxyl groups is 1. The van der Waals surface area contributed by atoms with E-state index in [-0.39, 0.29) is 27.1 Å². The number of aromatic nitrogens is 1. The molecule has 1 aromatic heterocycles. The van der Waals surface area contributed by atoms with E-state index < -0.39 is 5.72 Å². The van der Waals surface area contributed by atoms with Crippen LogP contribution in [0.25, 0.3) is 0 Å². The number of ketones is 1. The van der Waals surface area contributed by atoms with Crippen molar-refractivity contribution < 1.29 is 14.3 Å². The van der Waals surface area contributed by atoms with Crippen LogP contribution in [0.3, 0.4) is 0 Å². The lowest BCUT2D eigenvalue weighted by Gasteiger charge is -2.73. The molecule has 5 heteroatoms. The molecule has 0 unspecified atom stereocenters. The van der Waals surface area contributed by atoms with Gasteiger partial charge in [-0.25, -0.2) is 4.98 Å². The highest BCUT2D eigenvalue weighted by atomic mass is 16.4. The lowest BCUT2D eigenvalue weighted by atomic mass is 9.32. The van der Waals surface area contributed by atoms with E-state index in [2.05, 4.69) is 65.7 Å². The van der Waals surface area contributed by atoms with Gasteiger partial charge in [-0.15, -0.1) is 0 Å². The fourth-order valence-electron chi connectivity index (χ4n) is 11.7. The largest absolute Gasteiger partial charge is 0.429 e. The molecule has 216 valence electrons. The molecule has 5 nitrogen and oxygen atoms in total. The van der Waals surface area contributed by atoms with Crippen LogP contribution >= 0.6 is 0 Å². The molecule has 4 saturated carbocycles. The molecule has 0 aliphatic heterocycles. The number of oxazole rings is 1. The first kappa shape index (κ1) is 27.5. The molecule has 2 N–H and O–H groups in total. The number of anilines is 1. The van der Waals surface area contributed by atoms with Gasteiger partial charge in [-0.3, -0.25) is 4.79 Å². The number of nitrogens with zero attached hydrogens (tertiary/aromatic N) is 1. The van der Waals surface area contributed by atoms with E-state index in [1.807, 2.05) is 6.92 Å². The molecular formula is C34H52N2O3. The first-order chi connectivity index (χ1) is 18.0. The molecule has 0 amide bonds. The molecule has 0 aromatic carbocycles. The Morgan fingerprint density at radius 2 is 1.67 bits per heavy atom. The zero-order chi connectivity index (χ0) is 28.4. The van der Waals surface area contributed by atoms with Crippen molar-refractivity contribution in [1.29, 1.82) is 0 Å². The van der Waals surface area contributed by atoms with Crippen molar-refractivity contribution >= 4 is 11.8 Å². The number of carbonyl (C=O) groups excluding carboxylic acids is 1. The van der Waals surface area contributed by atoms with Gasteiger partial charge in [0.25, 0.3) is 6.01 Å². The molecule has 1 heterocycles. The third-order valence-electron chi connectivity index (χ3n) is 13.9. The molecule has 4 fully saturated rings. The second-order valence-electron chi connectivity index (χ2n) is 16.2. The van der Waals surface area contributed by atoms with Gasteiger partial charge in [0.05, 0.1) is 6.20 Å². The quantitative estimate of drug-likeness (QED) is 0.382. The van der Waals surface area contributed by atoms with Gasteiger partial charge in [0, 0.05) is 11.8 Å². The van der Waals surface area contributed by atoms with Crippen LogP contribution in [0, 0.1) is 57.7 Å². The zero-order valence-corrected chi connectivity index (χ0v) is 26.0. The van der Waals surface area contributed by atoms with Crippen molar-refractivity contribution in [2.24, 2.45) is 50.7 Å². The van der Waals surface area contributed by atoms with Gasteiger partial charge in [-0.05, 0) is 109 Å². The Kier molecular flexibility index (Phi) is 5.81. The van der Waals surface area contributed by atoms with Gasteiger partial charge in [-0.2, -0.15) is 0 Å². The minimum atomic E-state index is -1.06. The van der Waals surface area contributed by atoms with Gasteiger partial charge >= 0.3 is 0 Å². The van der Waals surface area contributed by atoms with Crippen LogP contribution < -0.4 is 5.32 Å². The lowest BCUT2D eigenvalue weighted by molar-refractivity contribution is -0.246. The summed E-state index contributed by atoms with van der Waals surface area (Å²) in [7, 11) is 0. The number of rotatable bonds is 3. The summed E-state index contributed by atoms with van der Waals surface area (Å²) in [6.45, 7) is 21.1. The molecule has 0 radical (unpaired) electrons. The molecule has 0 bridgehead atoms. The van der Waals surface area contributed by atoms with Crippen molar-refractivity contribution in [2.45, 2.75) is 126 Å². The highest BCUT2D eigenvalue weighted by Gasteiger charge is 2.71. The van der Waals surface area contributed by atoms with Gasteiger partial charge in [0.1, 0.15) is 11.5 Å². The summed E-state index contributed by atoms with van der Waals surface area (Å²) >= 11 is 0. The third-order valence-corrected chi connectivity index (χ3v) is 13.9. The molecular weight excluding hydrogens is 484 g/mol. The van der Waals surface area contributed by atoms with Crippen LogP contribution in [0.4, 0.5) is 6.01 Å². The first-order valence-electron chi connectivity index (χ1n) is 15.7. The molecule has 8 atom stereocenters. The van der Waals surface area contributed by atoms with E-state index in [0.717, 1.165) is 31.4 Å². The summed E-state index contributed by atoms with van der Waals surface area (Å²) in [4.78, 5) is 17.7. The number of hydrogen-bond donors (Lipinski definition) is 2. The van der Waals surface area contributed by atoms with Crippen molar-refractivity contribution in [3.05, 3.63) is 23.1 Å². The minimum absolute atomic E-state index is 0.0679. The number of nitrogens with one attached hydrogen (secondary N) is 1. The maximum atomic E-state index is 13.3. The van der Waals surface area contributed by atoms with Crippen LogP contribution in [-0.2, 0) is 4.79 Å². The van der Waals surface area contributed by atoms with Crippen LogP contribution in [-0.4, -0.2) is 21.6 Å². The summed E-state index contributed by atoms with van der Waals surface area (Å²) in [6.07, 6.45) is 11.2. The third kappa shape index (κ3) is 3.40. The minimum Gasteiger partial charge on any atom is -0.429 e. The predicted octanol–water partition coefficient (Wildman–Crippen LogP) is 8.08. The number of carbonyl (C=O) groups is 1. The Morgan fingerprint density at radius 1 is 0.949 bits per heavy atom. The summed E-state index contributed by atoms with van der Waals surface area (Å²) in [5.41, 5.74) is 2.01. The second-order valence-corrected chi connectivity index (χ2v) is 16.2. The van der Waals surface area contributed by atoms with Gasteiger partial charge in [-0.1, -0.05) is 61.0 Å². The predicted molar refractivity (Wildman–Crippen MR) is 155 cm³/mol.